The quantitative estimate of drug-likeness (QED) is 0.486. The molecule has 0 heterocycles. The smallest absolute Gasteiger partial charge is 0.194 e. The summed E-state index contributed by atoms with van der Waals surface area (Å²) in [4.78, 5) is 26.5. The molecule has 134 valence electrons. The van der Waals surface area contributed by atoms with E-state index in [0.717, 1.165) is 16.7 Å². The van der Waals surface area contributed by atoms with E-state index in [9.17, 15) is 9.59 Å². The zero-order chi connectivity index (χ0) is 19.2. The van der Waals surface area contributed by atoms with E-state index in [0.29, 0.717) is 28.7 Å². The molecular weight excluding hydrogens is 332 g/mol. The summed E-state index contributed by atoms with van der Waals surface area (Å²) in [5, 5.41) is 0. The number of carbonyl (C=O) groups excluding carboxylic acids is 2. The maximum Gasteiger partial charge on any atom is 0.194 e. The number of rotatable bonds is 2. The van der Waals surface area contributed by atoms with Crippen LogP contribution in [0.25, 0.3) is 0 Å². The van der Waals surface area contributed by atoms with Crippen LogP contribution in [-0.4, -0.2) is 11.6 Å². The van der Waals surface area contributed by atoms with Crippen LogP contribution in [0, 0.1) is 0 Å². The van der Waals surface area contributed by atoms with E-state index in [2.05, 4.69) is 32.9 Å². The first-order valence-corrected chi connectivity index (χ1v) is 9.26. The number of carbonyl (C=O) groups is 2. The molecule has 27 heavy (non-hydrogen) atoms. The topological polar surface area (TPSA) is 34.1 Å². The molecule has 2 nitrogen and oxygen atoms in total. The molecule has 0 unspecified atom stereocenters. The van der Waals surface area contributed by atoms with Crippen LogP contribution in [0.5, 0.6) is 0 Å². The Balaban J connectivity index is 1.98. The molecule has 4 rings (SSSR count). The van der Waals surface area contributed by atoms with Crippen LogP contribution in [0.2, 0.25) is 0 Å². The molecule has 1 aliphatic rings. The van der Waals surface area contributed by atoms with Gasteiger partial charge >= 0.3 is 0 Å². The minimum absolute atomic E-state index is 0.0442. The SMILES string of the molecule is CC(C)(C)c1ccc2c(c1Cc1ccccc1)C(=O)c1ccccc1C2=O. The van der Waals surface area contributed by atoms with E-state index in [4.69, 9.17) is 0 Å². The van der Waals surface area contributed by atoms with E-state index in [1.54, 1.807) is 12.1 Å². The zero-order valence-electron chi connectivity index (χ0n) is 15.9. The standard InChI is InChI=1S/C25H22O2/c1-25(2,3)21-14-13-19-22(20(21)15-16-9-5-4-6-10-16)24(27)18-12-8-7-11-17(18)23(19)26/h4-14H,15H2,1-3H3. The van der Waals surface area contributed by atoms with Crippen molar-refractivity contribution in [3.05, 3.63) is 106 Å². The molecule has 0 N–H and O–H groups in total. The van der Waals surface area contributed by atoms with Crippen molar-refractivity contribution < 1.29 is 9.59 Å². The molecule has 0 aliphatic heterocycles. The lowest BCUT2D eigenvalue weighted by Gasteiger charge is -2.28. The maximum absolute atomic E-state index is 13.4. The predicted molar refractivity (Wildman–Crippen MR) is 108 cm³/mol. The van der Waals surface area contributed by atoms with Crippen molar-refractivity contribution in [3.8, 4) is 0 Å². The van der Waals surface area contributed by atoms with Crippen molar-refractivity contribution >= 4 is 11.6 Å². The van der Waals surface area contributed by atoms with E-state index < -0.39 is 0 Å². The second-order valence-corrected chi connectivity index (χ2v) is 8.13. The van der Waals surface area contributed by atoms with Gasteiger partial charge in [-0.05, 0) is 34.6 Å². The summed E-state index contributed by atoms with van der Waals surface area (Å²) < 4.78 is 0. The van der Waals surface area contributed by atoms with Gasteiger partial charge in [0.05, 0.1) is 0 Å². The minimum Gasteiger partial charge on any atom is -0.289 e. The molecule has 0 bridgehead atoms. The van der Waals surface area contributed by atoms with Crippen LogP contribution in [0.15, 0.2) is 66.7 Å². The van der Waals surface area contributed by atoms with Crippen LogP contribution in [0.1, 0.15) is 69.3 Å². The molecule has 0 saturated carbocycles. The Morgan fingerprint density at radius 2 is 1.26 bits per heavy atom. The second-order valence-electron chi connectivity index (χ2n) is 8.13. The second kappa shape index (κ2) is 6.31. The van der Waals surface area contributed by atoms with Crippen LogP contribution in [-0.2, 0) is 11.8 Å². The van der Waals surface area contributed by atoms with Gasteiger partial charge in [0.15, 0.2) is 11.6 Å². The first-order valence-electron chi connectivity index (χ1n) is 9.26. The van der Waals surface area contributed by atoms with Gasteiger partial charge in [0.2, 0.25) is 0 Å². The Morgan fingerprint density at radius 1 is 0.667 bits per heavy atom. The molecule has 3 aromatic carbocycles. The lowest BCUT2D eigenvalue weighted by molar-refractivity contribution is 0.0978. The average molecular weight is 354 g/mol. The van der Waals surface area contributed by atoms with Crippen LogP contribution in [0.3, 0.4) is 0 Å². The first-order chi connectivity index (χ1) is 12.9. The Morgan fingerprint density at radius 3 is 1.89 bits per heavy atom. The summed E-state index contributed by atoms with van der Waals surface area (Å²) in [6, 6.07) is 21.1. The normalized spacial score (nSPS) is 13.3. The van der Waals surface area contributed by atoms with Crippen LogP contribution < -0.4 is 0 Å². The van der Waals surface area contributed by atoms with Gasteiger partial charge in [-0.25, -0.2) is 0 Å². The summed E-state index contributed by atoms with van der Waals surface area (Å²) in [5.41, 5.74) is 5.21. The third-order valence-corrected chi connectivity index (χ3v) is 5.23. The van der Waals surface area contributed by atoms with E-state index >= 15 is 0 Å². The van der Waals surface area contributed by atoms with Gasteiger partial charge in [-0.3, -0.25) is 9.59 Å². The summed E-state index contributed by atoms with van der Waals surface area (Å²) in [5.74, 6) is -0.104. The van der Waals surface area contributed by atoms with Gasteiger partial charge in [0.25, 0.3) is 0 Å². The van der Waals surface area contributed by atoms with Crippen molar-refractivity contribution in [2.75, 3.05) is 0 Å². The summed E-state index contributed by atoms with van der Waals surface area (Å²) >= 11 is 0. The number of hydrogen-bond donors (Lipinski definition) is 0. The van der Waals surface area contributed by atoms with Gasteiger partial charge in [0.1, 0.15) is 0 Å². The number of benzene rings is 3. The largest absolute Gasteiger partial charge is 0.289 e. The molecule has 0 aromatic heterocycles. The Bertz CT molecular complexity index is 1050. The van der Waals surface area contributed by atoms with Crippen molar-refractivity contribution in [2.24, 2.45) is 0 Å². The molecule has 2 heteroatoms. The van der Waals surface area contributed by atoms with Crippen molar-refractivity contribution in [3.63, 3.8) is 0 Å². The van der Waals surface area contributed by atoms with E-state index in [1.165, 1.54) is 0 Å². The Labute approximate surface area is 159 Å². The summed E-state index contributed by atoms with van der Waals surface area (Å²) in [6.45, 7) is 6.44. The molecule has 0 spiro atoms. The molecule has 0 amide bonds. The number of fused-ring (bicyclic) bond motifs is 2. The van der Waals surface area contributed by atoms with Crippen LogP contribution in [0.4, 0.5) is 0 Å². The van der Waals surface area contributed by atoms with Gasteiger partial charge in [-0.1, -0.05) is 81.4 Å². The lowest BCUT2D eigenvalue weighted by Crippen LogP contribution is -2.26. The van der Waals surface area contributed by atoms with Gasteiger partial charge in [0, 0.05) is 22.3 Å². The molecule has 1 aliphatic carbocycles. The van der Waals surface area contributed by atoms with Crippen LogP contribution >= 0.6 is 0 Å². The average Bonchev–Trinajstić information content (AvgIpc) is 2.66. The number of hydrogen-bond acceptors (Lipinski definition) is 2. The van der Waals surface area contributed by atoms with E-state index in [1.807, 2.05) is 42.5 Å². The van der Waals surface area contributed by atoms with Gasteiger partial charge in [-0.2, -0.15) is 0 Å². The third kappa shape index (κ3) is 2.91. The monoisotopic (exact) mass is 354 g/mol. The molecule has 3 aromatic rings. The minimum atomic E-state index is -0.126. The predicted octanol–water partition coefficient (Wildman–Crippen LogP) is 5.35. The first kappa shape index (κ1) is 17.4. The number of ketones is 2. The fourth-order valence-electron chi connectivity index (χ4n) is 3.94. The molecule has 0 radical (unpaired) electrons. The van der Waals surface area contributed by atoms with Gasteiger partial charge < -0.3 is 0 Å². The van der Waals surface area contributed by atoms with Crippen molar-refractivity contribution in [1.29, 1.82) is 0 Å². The highest BCUT2D eigenvalue weighted by molar-refractivity contribution is 6.29. The van der Waals surface area contributed by atoms with Crippen molar-refractivity contribution in [1.82, 2.24) is 0 Å². The fraction of sp³-hybridized carbons (Fsp3) is 0.200. The zero-order valence-corrected chi connectivity index (χ0v) is 15.9. The Hall–Kier alpha value is -3.00. The summed E-state index contributed by atoms with van der Waals surface area (Å²) in [7, 11) is 0. The highest BCUT2D eigenvalue weighted by Crippen LogP contribution is 2.36. The third-order valence-electron chi connectivity index (χ3n) is 5.23. The maximum atomic E-state index is 13.4. The molecule has 0 atom stereocenters. The molecule has 0 fully saturated rings. The fourth-order valence-corrected chi connectivity index (χ4v) is 3.94. The Kier molecular flexibility index (Phi) is 4.07. The highest BCUT2D eigenvalue weighted by atomic mass is 16.1. The molecule has 0 saturated heterocycles. The van der Waals surface area contributed by atoms with Gasteiger partial charge in [-0.15, -0.1) is 0 Å². The lowest BCUT2D eigenvalue weighted by atomic mass is 9.74. The van der Waals surface area contributed by atoms with E-state index in [-0.39, 0.29) is 17.0 Å². The summed E-state index contributed by atoms with van der Waals surface area (Å²) in [6.07, 6.45) is 0.637. The highest BCUT2D eigenvalue weighted by Gasteiger charge is 2.34. The van der Waals surface area contributed by atoms with Crippen molar-refractivity contribution in [2.45, 2.75) is 32.6 Å². The molecular formula is C25H22O2.